The Hall–Kier alpha value is -2.14. The number of nitrogens with zero attached hydrogens (tertiary/aromatic N) is 4. The lowest BCUT2D eigenvalue weighted by molar-refractivity contribution is 0.0385. The molecule has 0 bridgehead atoms. The Bertz CT molecular complexity index is 1160. The van der Waals surface area contributed by atoms with Gasteiger partial charge in [-0.25, -0.2) is 4.39 Å². The van der Waals surface area contributed by atoms with Crippen LogP contribution in [0, 0.1) is 5.82 Å². The fourth-order valence-electron chi connectivity index (χ4n) is 4.02. The third-order valence-electron chi connectivity index (χ3n) is 5.80. The van der Waals surface area contributed by atoms with Crippen LogP contribution in [-0.4, -0.2) is 61.4 Å². The van der Waals surface area contributed by atoms with E-state index in [2.05, 4.69) is 20.2 Å². The van der Waals surface area contributed by atoms with Crippen LogP contribution < -0.4 is 10.9 Å². The first kappa shape index (κ1) is 25.5. The Balaban J connectivity index is 0.00000306. The highest BCUT2D eigenvalue weighted by atomic mass is 35.5. The average molecular weight is 498 g/mol. The normalized spacial score (nSPS) is 18.9. The van der Waals surface area contributed by atoms with Crippen molar-refractivity contribution < 1.29 is 14.6 Å². The zero-order chi connectivity index (χ0) is 22.7. The molecule has 4 rings (SSSR count). The van der Waals surface area contributed by atoms with Crippen LogP contribution in [0.3, 0.4) is 0 Å². The molecule has 8 nitrogen and oxygen atoms in total. The summed E-state index contributed by atoms with van der Waals surface area (Å²) in [4.78, 5) is 22.6. The van der Waals surface area contributed by atoms with E-state index in [1.807, 2.05) is 0 Å². The summed E-state index contributed by atoms with van der Waals surface area (Å²) in [5.41, 5.74) is 2.14. The molecule has 1 saturated heterocycles. The number of β-amino-alcohol motifs (C(OH)–C–C–N with tert-alkyl or cyclic N) is 1. The van der Waals surface area contributed by atoms with Gasteiger partial charge < -0.3 is 20.1 Å². The maximum atomic E-state index is 13.6. The minimum Gasteiger partial charge on any atom is -0.390 e. The summed E-state index contributed by atoms with van der Waals surface area (Å²) in [5, 5.41) is 23.5. The molecule has 4 heterocycles. The summed E-state index contributed by atoms with van der Waals surface area (Å²) < 4.78 is 15.2. The first-order valence-electron chi connectivity index (χ1n) is 10.5. The van der Waals surface area contributed by atoms with Crippen molar-refractivity contribution in [3.8, 4) is 0 Å². The zero-order valence-electron chi connectivity index (χ0n) is 17.8. The van der Waals surface area contributed by atoms with E-state index < -0.39 is 11.9 Å². The van der Waals surface area contributed by atoms with E-state index in [1.54, 1.807) is 18.3 Å². The number of hydrogen-bond donors (Lipinski definition) is 3. The number of nitrogens with one attached hydrogen (secondary N) is 1. The van der Waals surface area contributed by atoms with Gasteiger partial charge in [-0.1, -0.05) is 11.6 Å². The number of aliphatic hydroxyl groups is 2. The Morgan fingerprint density at radius 3 is 2.76 bits per heavy atom. The molecule has 0 aromatic carbocycles. The van der Waals surface area contributed by atoms with Gasteiger partial charge in [0, 0.05) is 50.6 Å². The van der Waals surface area contributed by atoms with Crippen LogP contribution in [-0.2, 0) is 19.7 Å². The number of rotatable bonds is 7. The second-order valence-corrected chi connectivity index (χ2v) is 8.36. The van der Waals surface area contributed by atoms with Gasteiger partial charge in [-0.05, 0) is 30.7 Å². The fourth-order valence-corrected chi connectivity index (χ4v) is 4.27. The van der Waals surface area contributed by atoms with Gasteiger partial charge in [0.2, 0.25) is 0 Å². The Labute approximate surface area is 201 Å². The molecule has 0 spiro atoms. The van der Waals surface area contributed by atoms with Gasteiger partial charge in [-0.2, -0.15) is 0 Å². The molecule has 1 aliphatic rings. The Morgan fingerprint density at radius 1 is 1.21 bits per heavy atom. The number of aliphatic hydroxyl groups excluding tert-OH is 2. The molecule has 1 aliphatic heterocycles. The van der Waals surface area contributed by atoms with Crippen LogP contribution in [0.1, 0.15) is 17.7 Å². The standard InChI is InChI=1S/C22H25ClFN5O3.ClH/c23-16-7-14(10-26-19(16)13-30)9-25-18-3-4-28(12-21(18)31)5-6-29-20-8-15(24)11-27-17(20)1-2-22(29)32;/h1-2,7-8,10-11,18,21,25,30-31H,3-6,9,12-13H2;1H/t18-,21+;/m0./s1. The highest BCUT2D eigenvalue weighted by Crippen LogP contribution is 2.17. The molecule has 0 radical (unpaired) electrons. The number of pyridine rings is 3. The summed E-state index contributed by atoms with van der Waals surface area (Å²) >= 11 is 6.08. The molecule has 2 atom stereocenters. The second-order valence-electron chi connectivity index (χ2n) is 7.96. The molecular weight excluding hydrogens is 472 g/mol. The van der Waals surface area contributed by atoms with E-state index in [0.29, 0.717) is 47.9 Å². The average Bonchev–Trinajstić information content (AvgIpc) is 2.78. The van der Waals surface area contributed by atoms with E-state index in [1.165, 1.54) is 16.7 Å². The van der Waals surface area contributed by atoms with E-state index >= 15 is 0 Å². The molecule has 0 amide bonds. The smallest absolute Gasteiger partial charge is 0.251 e. The van der Waals surface area contributed by atoms with Crippen LogP contribution in [0.2, 0.25) is 5.02 Å². The maximum absolute atomic E-state index is 13.6. The number of piperidine rings is 1. The number of halogens is 3. The van der Waals surface area contributed by atoms with Crippen molar-refractivity contribution >= 4 is 35.0 Å². The molecular formula is C22H26Cl2FN5O3. The van der Waals surface area contributed by atoms with Gasteiger partial charge in [0.1, 0.15) is 5.82 Å². The highest BCUT2D eigenvalue weighted by Gasteiger charge is 2.27. The number of likely N-dealkylation sites (tertiary alicyclic amines) is 1. The van der Waals surface area contributed by atoms with Crippen molar-refractivity contribution in [1.82, 2.24) is 24.8 Å². The SMILES string of the molecule is Cl.O=c1ccc2ncc(F)cc2n1CCN1CC[C@H](NCc2cnc(CO)c(Cl)c2)[C@H](O)C1. The van der Waals surface area contributed by atoms with Crippen molar-refractivity contribution in [1.29, 1.82) is 0 Å². The summed E-state index contributed by atoms with van der Waals surface area (Å²) in [7, 11) is 0. The quantitative estimate of drug-likeness (QED) is 0.456. The largest absolute Gasteiger partial charge is 0.390 e. The molecule has 0 saturated carbocycles. The van der Waals surface area contributed by atoms with E-state index in [9.17, 15) is 14.3 Å². The summed E-state index contributed by atoms with van der Waals surface area (Å²) in [6.07, 6.45) is 2.95. The van der Waals surface area contributed by atoms with Crippen LogP contribution in [0.25, 0.3) is 11.0 Å². The van der Waals surface area contributed by atoms with E-state index in [0.717, 1.165) is 24.7 Å². The minimum absolute atomic E-state index is 0. The van der Waals surface area contributed by atoms with E-state index in [-0.39, 0.29) is 30.6 Å². The van der Waals surface area contributed by atoms with Gasteiger partial charge in [0.25, 0.3) is 5.56 Å². The van der Waals surface area contributed by atoms with Crippen molar-refractivity contribution in [2.75, 3.05) is 19.6 Å². The molecule has 3 aromatic rings. The van der Waals surface area contributed by atoms with E-state index in [4.69, 9.17) is 16.7 Å². The minimum atomic E-state index is -0.577. The lowest BCUT2D eigenvalue weighted by atomic mass is 10.0. The molecule has 11 heteroatoms. The second kappa shape index (κ2) is 11.3. The molecule has 0 aliphatic carbocycles. The zero-order valence-corrected chi connectivity index (χ0v) is 19.4. The van der Waals surface area contributed by atoms with Crippen LogP contribution in [0.4, 0.5) is 4.39 Å². The number of aromatic nitrogens is 3. The molecule has 178 valence electrons. The maximum Gasteiger partial charge on any atom is 0.251 e. The molecule has 3 N–H and O–H groups in total. The highest BCUT2D eigenvalue weighted by molar-refractivity contribution is 6.31. The summed E-state index contributed by atoms with van der Waals surface area (Å²) in [6.45, 7) is 2.45. The van der Waals surface area contributed by atoms with Crippen LogP contribution >= 0.6 is 24.0 Å². The monoisotopic (exact) mass is 497 g/mol. The first-order valence-corrected chi connectivity index (χ1v) is 10.9. The molecule has 1 fully saturated rings. The fraction of sp³-hybridized carbons (Fsp3) is 0.409. The van der Waals surface area contributed by atoms with Crippen molar-refractivity contribution in [3.05, 3.63) is 69.1 Å². The van der Waals surface area contributed by atoms with Crippen LogP contribution in [0.15, 0.2) is 41.5 Å². The predicted molar refractivity (Wildman–Crippen MR) is 126 cm³/mol. The molecule has 33 heavy (non-hydrogen) atoms. The van der Waals surface area contributed by atoms with Gasteiger partial charge in [0.05, 0.1) is 40.7 Å². The predicted octanol–water partition coefficient (Wildman–Crippen LogP) is 1.72. The number of hydrogen-bond acceptors (Lipinski definition) is 7. The van der Waals surface area contributed by atoms with Crippen molar-refractivity contribution in [3.63, 3.8) is 0 Å². The van der Waals surface area contributed by atoms with Gasteiger partial charge in [-0.3, -0.25) is 19.7 Å². The van der Waals surface area contributed by atoms with Gasteiger partial charge >= 0.3 is 0 Å². The third kappa shape index (κ3) is 6.06. The molecule has 0 unspecified atom stereocenters. The lowest BCUT2D eigenvalue weighted by Gasteiger charge is -2.36. The van der Waals surface area contributed by atoms with Gasteiger partial charge in [0.15, 0.2) is 0 Å². The Kier molecular flexibility index (Phi) is 8.75. The Morgan fingerprint density at radius 2 is 2.03 bits per heavy atom. The summed E-state index contributed by atoms with van der Waals surface area (Å²) in [5.74, 6) is -0.485. The van der Waals surface area contributed by atoms with Crippen molar-refractivity contribution in [2.24, 2.45) is 0 Å². The lowest BCUT2D eigenvalue weighted by Crippen LogP contribution is -2.53. The third-order valence-corrected chi connectivity index (χ3v) is 6.13. The number of fused-ring (bicyclic) bond motifs is 1. The first-order chi connectivity index (χ1) is 15.4. The van der Waals surface area contributed by atoms with Crippen LogP contribution in [0.5, 0.6) is 0 Å². The topological polar surface area (TPSA) is 104 Å². The van der Waals surface area contributed by atoms with Gasteiger partial charge in [-0.15, -0.1) is 12.4 Å². The summed E-state index contributed by atoms with van der Waals surface area (Å²) in [6, 6.07) is 6.03. The van der Waals surface area contributed by atoms with Crippen molar-refractivity contribution in [2.45, 2.75) is 38.3 Å². The molecule has 3 aromatic heterocycles.